The molecule has 0 aliphatic carbocycles. The maximum Gasteiger partial charge on any atom is 0.238 e. The van der Waals surface area contributed by atoms with Gasteiger partial charge in [0, 0.05) is 16.6 Å². The predicted octanol–water partition coefficient (Wildman–Crippen LogP) is 3.05. The van der Waals surface area contributed by atoms with Crippen molar-refractivity contribution in [3.8, 4) is 10.6 Å². The molecule has 2 rings (SSSR count). The standard InChI is InChI=1S/C13H13ClN2OS/c1-9(14)12(17)15-7-11-8-16-13(18-11)10-5-3-2-4-6-10/h2-6,8-9H,7H2,1H3,(H,15,17). The highest BCUT2D eigenvalue weighted by atomic mass is 35.5. The van der Waals surface area contributed by atoms with Crippen LogP contribution in [0.25, 0.3) is 10.6 Å². The van der Waals surface area contributed by atoms with Crippen LogP contribution in [-0.2, 0) is 11.3 Å². The lowest BCUT2D eigenvalue weighted by Crippen LogP contribution is -2.28. The molecule has 0 radical (unpaired) electrons. The van der Waals surface area contributed by atoms with E-state index in [-0.39, 0.29) is 5.91 Å². The van der Waals surface area contributed by atoms with Gasteiger partial charge in [-0.05, 0) is 6.92 Å². The van der Waals surface area contributed by atoms with Crippen LogP contribution in [0.4, 0.5) is 0 Å². The third-order valence-electron chi connectivity index (χ3n) is 2.37. The maximum atomic E-state index is 11.3. The highest BCUT2D eigenvalue weighted by Gasteiger charge is 2.09. The Morgan fingerprint density at radius 2 is 2.17 bits per heavy atom. The average molecular weight is 281 g/mol. The van der Waals surface area contributed by atoms with Gasteiger partial charge in [0.1, 0.15) is 10.4 Å². The van der Waals surface area contributed by atoms with E-state index in [0.29, 0.717) is 6.54 Å². The van der Waals surface area contributed by atoms with E-state index in [0.717, 1.165) is 15.4 Å². The zero-order valence-corrected chi connectivity index (χ0v) is 11.5. The van der Waals surface area contributed by atoms with Gasteiger partial charge in [-0.15, -0.1) is 22.9 Å². The van der Waals surface area contributed by atoms with E-state index in [4.69, 9.17) is 11.6 Å². The molecule has 0 aliphatic heterocycles. The second-order valence-corrected chi connectivity index (χ2v) is 5.60. The number of benzene rings is 1. The number of hydrogen-bond donors (Lipinski definition) is 1. The van der Waals surface area contributed by atoms with Gasteiger partial charge in [0.2, 0.25) is 5.91 Å². The van der Waals surface area contributed by atoms with Gasteiger partial charge < -0.3 is 5.32 Å². The van der Waals surface area contributed by atoms with Crippen LogP contribution in [-0.4, -0.2) is 16.3 Å². The molecule has 1 heterocycles. The Labute approximate surface area is 115 Å². The fourth-order valence-corrected chi connectivity index (χ4v) is 2.35. The quantitative estimate of drug-likeness (QED) is 0.875. The smallest absolute Gasteiger partial charge is 0.238 e. The first kappa shape index (κ1) is 13.1. The van der Waals surface area contributed by atoms with Crippen molar-refractivity contribution in [2.45, 2.75) is 18.8 Å². The van der Waals surface area contributed by atoms with Gasteiger partial charge in [-0.1, -0.05) is 30.3 Å². The fraction of sp³-hybridized carbons (Fsp3) is 0.231. The number of thiazole rings is 1. The monoisotopic (exact) mass is 280 g/mol. The number of carbonyl (C=O) groups excluding carboxylic acids is 1. The molecule has 1 atom stereocenters. The molecule has 0 aliphatic rings. The fourth-order valence-electron chi connectivity index (χ4n) is 1.42. The Morgan fingerprint density at radius 1 is 1.44 bits per heavy atom. The van der Waals surface area contributed by atoms with Crippen LogP contribution in [0.2, 0.25) is 0 Å². The van der Waals surface area contributed by atoms with Crippen LogP contribution in [0, 0.1) is 0 Å². The highest BCUT2D eigenvalue weighted by molar-refractivity contribution is 7.15. The van der Waals surface area contributed by atoms with E-state index in [2.05, 4.69) is 10.3 Å². The molecule has 94 valence electrons. The third kappa shape index (κ3) is 3.31. The minimum absolute atomic E-state index is 0.161. The van der Waals surface area contributed by atoms with Crippen molar-refractivity contribution in [3.05, 3.63) is 41.4 Å². The molecule has 0 fully saturated rings. The number of carbonyl (C=O) groups is 1. The molecule has 3 nitrogen and oxygen atoms in total. The largest absolute Gasteiger partial charge is 0.350 e. The lowest BCUT2D eigenvalue weighted by molar-refractivity contribution is -0.120. The van der Waals surface area contributed by atoms with Gasteiger partial charge in [0.05, 0.1) is 6.54 Å². The van der Waals surface area contributed by atoms with E-state index in [1.54, 1.807) is 24.5 Å². The van der Waals surface area contributed by atoms with E-state index in [9.17, 15) is 4.79 Å². The minimum atomic E-state index is -0.508. The topological polar surface area (TPSA) is 42.0 Å². The number of amides is 1. The lowest BCUT2D eigenvalue weighted by atomic mass is 10.2. The van der Waals surface area contributed by atoms with Gasteiger partial charge in [0.15, 0.2) is 0 Å². The van der Waals surface area contributed by atoms with Crippen molar-refractivity contribution in [2.75, 3.05) is 0 Å². The number of nitrogens with one attached hydrogen (secondary N) is 1. The molecule has 1 aromatic carbocycles. The summed E-state index contributed by atoms with van der Waals surface area (Å²) in [6.45, 7) is 2.12. The summed E-state index contributed by atoms with van der Waals surface area (Å²) in [5.41, 5.74) is 1.09. The molecule has 0 bridgehead atoms. The summed E-state index contributed by atoms with van der Waals surface area (Å²) >= 11 is 7.24. The molecule has 1 amide bonds. The van der Waals surface area contributed by atoms with Crippen LogP contribution >= 0.6 is 22.9 Å². The number of halogens is 1. The Balaban J connectivity index is 2.01. The van der Waals surface area contributed by atoms with Crippen LogP contribution in [0.5, 0.6) is 0 Å². The van der Waals surface area contributed by atoms with Crippen molar-refractivity contribution < 1.29 is 4.79 Å². The zero-order chi connectivity index (χ0) is 13.0. The molecule has 5 heteroatoms. The van der Waals surface area contributed by atoms with E-state index >= 15 is 0 Å². The summed E-state index contributed by atoms with van der Waals surface area (Å²) in [7, 11) is 0. The SMILES string of the molecule is CC(Cl)C(=O)NCc1cnc(-c2ccccc2)s1. The zero-order valence-electron chi connectivity index (χ0n) is 9.89. The average Bonchev–Trinajstić information content (AvgIpc) is 2.85. The summed E-state index contributed by atoms with van der Waals surface area (Å²) < 4.78 is 0. The van der Waals surface area contributed by atoms with Gasteiger partial charge >= 0.3 is 0 Å². The molecule has 0 spiro atoms. The number of nitrogens with zero attached hydrogens (tertiary/aromatic N) is 1. The molecular formula is C13H13ClN2OS. The second-order valence-electron chi connectivity index (χ2n) is 3.83. The minimum Gasteiger partial charge on any atom is -0.350 e. The van der Waals surface area contributed by atoms with E-state index < -0.39 is 5.38 Å². The first-order chi connectivity index (χ1) is 8.66. The Kier molecular flexibility index (Phi) is 4.33. The van der Waals surface area contributed by atoms with Gasteiger partial charge in [-0.25, -0.2) is 4.98 Å². The van der Waals surface area contributed by atoms with E-state index in [1.165, 1.54) is 0 Å². The summed E-state index contributed by atoms with van der Waals surface area (Å²) in [6, 6.07) is 9.96. The summed E-state index contributed by atoms with van der Waals surface area (Å²) in [5.74, 6) is -0.161. The maximum absolute atomic E-state index is 11.3. The Hall–Kier alpha value is -1.39. The predicted molar refractivity (Wildman–Crippen MR) is 74.7 cm³/mol. The Bertz CT molecular complexity index is 525. The van der Waals surface area contributed by atoms with E-state index in [1.807, 2.05) is 30.3 Å². The van der Waals surface area contributed by atoms with Crippen LogP contribution in [0.1, 0.15) is 11.8 Å². The number of alkyl halides is 1. The van der Waals surface area contributed by atoms with Crippen molar-refractivity contribution >= 4 is 28.8 Å². The first-order valence-electron chi connectivity index (χ1n) is 5.58. The van der Waals surface area contributed by atoms with Gasteiger partial charge in [-0.2, -0.15) is 0 Å². The van der Waals surface area contributed by atoms with Crippen molar-refractivity contribution in [2.24, 2.45) is 0 Å². The number of hydrogen-bond acceptors (Lipinski definition) is 3. The molecule has 1 unspecified atom stereocenters. The molecule has 2 aromatic rings. The van der Waals surface area contributed by atoms with Crippen LogP contribution < -0.4 is 5.32 Å². The number of rotatable bonds is 4. The first-order valence-corrected chi connectivity index (χ1v) is 6.84. The van der Waals surface area contributed by atoms with Crippen LogP contribution in [0.3, 0.4) is 0 Å². The molecule has 18 heavy (non-hydrogen) atoms. The van der Waals surface area contributed by atoms with Crippen molar-refractivity contribution in [1.29, 1.82) is 0 Å². The molecule has 0 saturated heterocycles. The molecule has 0 saturated carbocycles. The highest BCUT2D eigenvalue weighted by Crippen LogP contribution is 2.24. The van der Waals surface area contributed by atoms with Crippen molar-refractivity contribution in [3.63, 3.8) is 0 Å². The molecule has 1 aromatic heterocycles. The van der Waals surface area contributed by atoms with Crippen molar-refractivity contribution in [1.82, 2.24) is 10.3 Å². The third-order valence-corrected chi connectivity index (χ3v) is 3.62. The van der Waals surface area contributed by atoms with Crippen LogP contribution in [0.15, 0.2) is 36.5 Å². The van der Waals surface area contributed by atoms with Gasteiger partial charge in [0.25, 0.3) is 0 Å². The lowest BCUT2D eigenvalue weighted by Gasteiger charge is -2.03. The normalized spacial score (nSPS) is 12.1. The summed E-state index contributed by atoms with van der Waals surface area (Å²) in [4.78, 5) is 16.7. The molecule has 1 N–H and O–H groups in total. The molecular weight excluding hydrogens is 268 g/mol. The summed E-state index contributed by atoms with van der Waals surface area (Å²) in [6.07, 6.45) is 1.78. The number of aromatic nitrogens is 1. The van der Waals surface area contributed by atoms with Gasteiger partial charge in [-0.3, -0.25) is 4.79 Å². The second kappa shape index (κ2) is 5.98. The summed E-state index contributed by atoms with van der Waals surface area (Å²) in [5, 5.41) is 3.21. The Morgan fingerprint density at radius 3 is 2.83 bits per heavy atom.